The van der Waals surface area contributed by atoms with Gasteiger partial charge >= 0.3 is 0 Å². The fourth-order valence-electron chi connectivity index (χ4n) is 7.46. The third kappa shape index (κ3) is 4.04. The Kier molecular flexibility index (Phi) is 6.42. The molecular weight excluding hydrogens is 434 g/mol. The maximum atomic E-state index is 13.1. The number of carbonyl (C=O) groups is 1. The lowest BCUT2D eigenvalue weighted by molar-refractivity contribution is -0.312. The first-order chi connectivity index (χ1) is 16.2. The van der Waals surface area contributed by atoms with Crippen LogP contribution in [-0.4, -0.2) is 66.1 Å². The molecule has 2 N–H and O–H groups in total. The number of nitrogens with zero attached hydrogens (tertiary/aromatic N) is 1. The molecule has 2 aliphatic carbocycles. The number of hydrogen-bond acceptors (Lipinski definition) is 6. The summed E-state index contributed by atoms with van der Waals surface area (Å²) >= 11 is 0. The molecule has 8 atom stereocenters. The van der Waals surface area contributed by atoms with Gasteiger partial charge in [0.2, 0.25) is 5.91 Å². The van der Waals surface area contributed by atoms with Crippen molar-refractivity contribution in [1.82, 2.24) is 4.90 Å². The van der Waals surface area contributed by atoms with E-state index in [0.29, 0.717) is 44.9 Å². The van der Waals surface area contributed by atoms with Crippen molar-refractivity contribution in [2.24, 2.45) is 22.7 Å². The zero-order valence-corrected chi connectivity index (χ0v) is 20.6. The van der Waals surface area contributed by atoms with Gasteiger partial charge in [0.05, 0.1) is 32.0 Å². The van der Waals surface area contributed by atoms with E-state index in [1.165, 1.54) is 0 Å². The van der Waals surface area contributed by atoms with Crippen molar-refractivity contribution in [1.29, 1.82) is 0 Å². The first-order valence-corrected chi connectivity index (χ1v) is 12.8. The van der Waals surface area contributed by atoms with E-state index in [4.69, 9.17) is 14.2 Å². The van der Waals surface area contributed by atoms with Crippen molar-refractivity contribution in [3.8, 4) is 5.75 Å². The van der Waals surface area contributed by atoms with Gasteiger partial charge in [-0.15, -0.1) is 0 Å². The lowest BCUT2D eigenvalue weighted by Crippen LogP contribution is -2.62. The Balaban J connectivity index is 1.32. The Labute approximate surface area is 202 Å². The normalized spacial score (nSPS) is 42.1. The van der Waals surface area contributed by atoms with Gasteiger partial charge in [0.1, 0.15) is 5.75 Å². The Morgan fingerprint density at radius 1 is 1.12 bits per heavy atom. The van der Waals surface area contributed by atoms with Crippen molar-refractivity contribution in [3.63, 3.8) is 0 Å². The van der Waals surface area contributed by atoms with Crippen LogP contribution in [0.5, 0.6) is 5.75 Å². The number of amides is 1. The number of carbonyl (C=O) groups excluding carboxylic acids is 1. The number of likely N-dealkylation sites (tertiary alicyclic amines) is 1. The number of methoxy groups -OCH3 is 1. The van der Waals surface area contributed by atoms with Crippen LogP contribution in [0, 0.1) is 22.7 Å². The Morgan fingerprint density at radius 3 is 2.56 bits per heavy atom. The molecule has 0 spiro atoms. The van der Waals surface area contributed by atoms with Gasteiger partial charge in [-0.05, 0) is 61.5 Å². The fourth-order valence-corrected chi connectivity index (χ4v) is 7.46. The molecule has 0 bridgehead atoms. The van der Waals surface area contributed by atoms with Crippen LogP contribution in [0.15, 0.2) is 24.3 Å². The second-order valence-corrected chi connectivity index (χ2v) is 11.4. The van der Waals surface area contributed by atoms with Gasteiger partial charge < -0.3 is 29.3 Å². The SMILES string of the molecule is COc1ccc(C2OCC3(C)C(CCC4(C)C(CC(=O)N5CCC(O)C5)C(O)CCC34)O2)cc1. The molecule has 0 aromatic heterocycles. The number of aliphatic hydroxyl groups is 2. The maximum absolute atomic E-state index is 13.1. The number of β-amino-alcohol motifs (C(OH)–C–C–N with tert-alkyl or cyclic N) is 1. The van der Waals surface area contributed by atoms with Crippen LogP contribution >= 0.6 is 0 Å². The average Bonchev–Trinajstić information content (AvgIpc) is 3.27. The molecule has 2 aliphatic heterocycles. The van der Waals surface area contributed by atoms with Crippen molar-refractivity contribution in [3.05, 3.63) is 29.8 Å². The minimum Gasteiger partial charge on any atom is -0.497 e. The van der Waals surface area contributed by atoms with Gasteiger partial charge in [-0.3, -0.25) is 4.79 Å². The zero-order chi connectivity index (χ0) is 24.1. The number of benzene rings is 1. The number of aliphatic hydroxyl groups excluding tert-OH is 2. The number of hydrogen-bond donors (Lipinski definition) is 2. The molecule has 1 aromatic rings. The highest BCUT2D eigenvalue weighted by Crippen LogP contribution is 2.63. The minimum atomic E-state index is -0.477. The quantitative estimate of drug-likeness (QED) is 0.698. The lowest BCUT2D eigenvalue weighted by Gasteiger charge is -2.63. The van der Waals surface area contributed by atoms with Crippen LogP contribution in [0.1, 0.15) is 64.2 Å². The Hall–Kier alpha value is -1.67. The summed E-state index contributed by atoms with van der Waals surface area (Å²) in [4.78, 5) is 14.8. The Bertz CT molecular complexity index is 892. The third-order valence-electron chi connectivity index (χ3n) is 9.47. The molecule has 5 rings (SSSR count). The summed E-state index contributed by atoms with van der Waals surface area (Å²) in [6.45, 7) is 6.17. The molecular formula is C27H39NO6. The predicted molar refractivity (Wildman–Crippen MR) is 126 cm³/mol. The summed E-state index contributed by atoms with van der Waals surface area (Å²) in [6.07, 6.45) is 3.20. The summed E-state index contributed by atoms with van der Waals surface area (Å²) in [5, 5.41) is 20.9. The predicted octanol–water partition coefficient (Wildman–Crippen LogP) is 3.29. The van der Waals surface area contributed by atoms with E-state index >= 15 is 0 Å². The number of fused-ring (bicyclic) bond motifs is 3. The van der Waals surface area contributed by atoms with E-state index in [1.54, 1.807) is 12.0 Å². The van der Waals surface area contributed by atoms with Gasteiger partial charge in [-0.25, -0.2) is 0 Å². The summed E-state index contributed by atoms with van der Waals surface area (Å²) in [5.41, 5.74) is 0.671. The highest BCUT2D eigenvalue weighted by Gasteiger charge is 2.61. The highest BCUT2D eigenvalue weighted by atomic mass is 16.7. The average molecular weight is 474 g/mol. The molecule has 2 heterocycles. The lowest BCUT2D eigenvalue weighted by atomic mass is 9.46. The van der Waals surface area contributed by atoms with Gasteiger partial charge in [0.15, 0.2) is 6.29 Å². The van der Waals surface area contributed by atoms with Crippen LogP contribution in [0.25, 0.3) is 0 Å². The van der Waals surface area contributed by atoms with E-state index in [9.17, 15) is 15.0 Å². The molecule has 2 saturated heterocycles. The molecule has 4 fully saturated rings. The molecule has 2 saturated carbocycles. The maximum Gasteiger partial charge on any atom is 0.223 e. The molecule has 4 aliphatic rings. The van der Waals surface area contributed by atoms with E-state index in [-0.39, 0.29) is 35.0 Å². The molecule has 188 valence electrons. The topological polar surface area (TPSA) is 88.5 Å². The van der Waals surface area contributed by atoms with Gasteiger partial charge in [0, 0.05) is 30.5 Å². The monoisotopic (exact) mass is 473 g/mol. The summed E-state index contributed by atoms with van der Waals surface area (Å²) < 4.78 is 18.1. The van der Waals surface area contributed by atoms with Crippen molar-refractivity contribution in [2.75, 3.05) is 26.8 Å². The zero-order valence-electron chi connectivity index (χ0n) is 20.6. The van der Waals surface area contributed by atoms with Crippen LogP contribution in [0.4, 0.5) is 0 Å². The summed E-state index contributed by atoms with van der Waals surface area (Å²) in [7, 11) is 1.66. The molecule has 1 aromatic carbocycles. The van der Waals surface area contributed by atoms with Crippen LogP contribution in [0.3, 0.4) is 0 Å². The highest BCUT2D eigenvalue weighted by molar-refractivity contribution is 5.77. The third-order valence-corrected chi connectivity index (χ3v) is 9.47. The van der Waals surface area contributed by atoms with Gasteiger partial charge in [-0.2, -0.15) is 0 Å². The van der Waals surface area contributed by atoms with Crippen molar-refractivity contribution in [2.45, 2.75) is 77.0 Å². The van der Waals surface area contributed by atoms with E-state index < -0.39 is 12.2 Å². The second-order valence-electron chi connectivity index (χ2n) is 11.4. The first kappa shape index (κ1) is 24.0. The standard InChI is InChI=1S/C27H39NO6/c1-26-12-10-23-27(2,16-33-25(34-23)17-4-6-19(32-3)7-5-17)22(26)9-8-21(30)20(26)14-24(31)28-13-11-18(29)15-28/h4-7,18,20-23,25,29-30H,8-16H2,1-3H3. The van der Waals surface area contributed by atoms with Gasteiger partial charge in [-0.1, -0.05) is 26.0 Å². The molecule has 0 radical (unpaired) electrons. The largest absolute Gasteiger partial charge is 0.497 e. The minimum absolute atomic E-state index is 0.0606. The van der Waals surface area contributed by atoms with E-state index in [2.05, 4.69) is 13.8 Å². The van der Waals surface area contributed by atoms with Crippen molar-refractivity contribution >= 4 is 5.91 Å². The summed E-state index contributed by atoms with van der Waals surface area (Å²) in [5.74, 6) is 1.09. The summed E-state index contributed by atoms with van der Waals surface area (Å²) in [6, 6.07) is 7.84. The second kappa shape index (κ2) is 9.08. The number of rotatable bonds is 4. The molecule has 8 unspecified atom stereocenters. The molecule has 34 heavy (non-hydrogen) atoms. The number of ether oxygens (including phenoxy) is 3. The first-order valence-electron chi connectivity index (χ1n) is 12.8. The van der Waals surface area contributed by atoms with E-state index in [0.717, 1.165) is 30.6 Å². The van der Waals surface area contributed by atoms with E-state index in [1.807, 2.05) is 24.3 Å². The Morgan fingerprint density at radius 2 is 1.88 bits per heavy atom. The smallest absolute Gasteiger partial charge is 0.223 e. The fraction of sp³-hybridized carbons (Fsp3) is 0.741. The molecule has 7 heteroatoms. The van der Waals surface area contributed by atoms with Crippen LogP contribution in [0.2, 0.25) is 0 Å². The van der Waals surface area contributed by atoms with Crippen molar-refractivity contribution < 1.29 is 29.2 Å². The molecule has 1 amide bonds. The van der Waals surface area contributed by atoms with Crippen LogP contribution < -0.4 is 4.74 Å². The molecule has 7 nitrogen and oxygen atoms in total. The van der Waals surface area contributed by atoms with Gasteiger partial charge in [0.25, 0.3) is 0 Å². The van der Waals surface area contributed by atoms with Crippen LogP contribution in [-0.2, 0) is 14.3 Å².